The highest BCUT2D eigenvalue weighted by molar-refractivity contribution is 5.73. The Kier molecular flexibility index (Phi) is 4.57. The van der Waals surface area contributed by atoms with Gasteiger partial charge in [-0.15, -0.1) is 10.2 Å². The number of hydrogen-bond acceptors (Lipinski definition) is 4. The Hall–Kier alpha value is -1.43. The van der Waals surface area contributed by atoms with E-state index in [9.17, 15) is 4.79 Å². The second-order valence-electron chi connectivity index (χ2n) is 7.65. The van der Waals surface area contributed by atoms with Gasteiger partial charge in [-0.2, -0.15) is 0 Å². The molecule has 4 rings (SSSR count). The van der Waals surface area contributed by atoms with E-state index in [0.717, 1.165) is 69.7 Å². The minimum Gasteiger partial charge on any atom is -0.342 e. The van der Waals surface area contributed by atoms with Crippen molar-refractivity contribution in [3.63, 3.8) is 0 Å². The van der Waals surface area contributed by atoms with Gasteiger partial charge in [0.2, 0.25) is 5.91 Å². The van der Waals surface area contributed by atoms with Crippen molar-refractivity contribution in [2.24, 2.45) is 0 Å². The monoisotopic (exact) mass is 331 g/mol. The van der Waals surface area contributed by atoms with Crippen molar-refractivity contribution < 1.29 is 4.79 Å². The van der Waals surface area contributed by atoms with Crippen LogP contribution in [0.3, 0.4) is 0 Å². The summed E-state index contributed by atoms with van der Waals surface area (Å²) < 4.78 is 2.36. The maximum atomic E-state index is 11.7. The van der Waals surface area contributed by atoms with Gasteiger partial charge in [0.1, 0.15) is 11.6 Å². The Bertz CT molecular complexity index is 592. The molecule has 1 unspecified atom stereocenters. The zero-order valence-corrected chi connectivity index (χ0v) is 14.8. The molecule has 1 aromatic heterocycles. The zero-order valence-electron chi connectivity index (χ0n) is 14.8. The molecule has 1 amide bonds. The molecule has 1 aliphatic carbocycles. The van der Waals surface area contributed by atoms with Crippen LogP contribution in [0.5, 0.6) is 0 Å². The van der Waals surface area contributed by atoms with Crippen LogP contribution in [0.1, 0.15) is 63.0 Å². The van der Waals surface area contributed by atoms with Crippen LogP contribution in [0.15, 0.2) is 0 Å². The van der Waals surface area contributed by atoms with E-state index in [0.29, 0.717) is 5.92 Å². The number of aromatic nitrogens is 3. The van der Waals surface area contributed by atoms with E-state index < -0.39 is 0 Å². The molecule has 6 nitrogen and oxygen atoms in total. The van der Waals surface area contributed by atoms with Crippen molar-refractivity contribution in [1.29, 1.82) is 0 Å². The summed E-state index contributed by atoms with van der Waals surface area (Å²) in [6, 6.07) is 0.786. The third-order valence-electron chi connectivity index (χ3n) is 6.16. The van der Waals surface area contributed by atoms with E-state index in [4.69, 9.17) is 0 Å². The van der Waals surface area contributed by atoms with Crippen LogP contribution >= 0.6 is 0 Å². The minimum atomic E-state index is 0.183. The van der Waals surface area contributed by atoms with E-state index in [1.165, 1.54) is 25.7 Å². The van der Waals surface area contributed by atoms with Crippen molar-refractivity contribution in [1.82, 2.24) is 24.6 Å². The fourth-order valence-corrected chi connectivity index (χ4v) is 4.77. The Balaban J connectivity index is 1.48. The van der Waals surface area contributed by atoms with Gasteiger partial charge in [0.25, 0.3) is 0 Å². The maximum absolute atomic E-state index is 11.7. The molecule has 1 saturated carbocycles. The lowest BCUT2D eigenvalue weighted by Crippen LogP contribution is -2.38. The molecule has 1 saturated heterocycles. The van der Waals surface area contributed by atoms with Crippen LogP contribution in [0, 0.1) is 0 Å². The molecule has 132 valence electrons. The summed E-state index contributed by atoms with van der Waals surface area (Å²) in [4.78, 5) is 16.4. The molecule has 2 fully saturated rings. The molecule has 0 spiro atoms. The van der Waals surface area contributed by atoms with Crippen LogP contribution in [0.2, 0.25) is 0 Å². The highest BCUT2D eigenvalue weighted by atomic mass is 16.2. The lowest BCUT2D eigenvalue weighted by Gasteiger charge is -2.32. The fraction of sp³-hybridized carbons (Fsp3) is 0.833. The van der Waals surface area contributed by atoms with E-state index in [2.05, 4.69) is 19.7 Å². The number of rotatable bonds is 2. The lowest BCUT2D eigenvalue weighted by atomic mass is 9.97. The Morgan fingerprint density at radius 3 is 2.62 bits per heavy atom. The van der Waals surface area contributed by atoms with Crippen LogP contribution in [0.4, 0.5) is 0 Å². The van der Waals surface area contributed by atoms with Gasteiger partial charge in [0, 0.05) is 58.0 Å². The molecular weight excluding hydrogens is 302 g/mol. The molecule has 3 aliphatic rings. The van der Waals surface area contributed by atoms with Crippen LogP contribution in [-0.4, -0.2) is 62.7 Å². The van der Waals surface area contributed by atoms with Gasteiger partial charge in [-0.3, -0.25) is 9.69 Å². The smallest absolute Gasteiger partial charge is 0.219 e. The molecule has 24 heavy (non-hydrogen) atoms. The van der Waals surface area contributed by atoms with E-state index in [-0.39, 0.29) is 5.91 Å². The van der Waals surface area contributed by atoms with Crippen molar-refractivity contribution >= 4 is 5.91 Å². The largest absolute Gasteiger partial charge is 0.342 e. The Morgan fingerprint density at radius 2 is 1.83 bits per heavy atom. The summed E-state index contributed by atoms with van der Waals surface area (Å²) in [5.41, 5.74) is 0. The molecule has 3 heterocycles. The first-order valence-electron chi connectivity index (χ1n) is 9.64. The van der Waals surface area contributed by atoms with Gasteiger partial charge in [0.05, 0.1) is 0 Å². The predicted molar refractivity (Wildman–Crippen MR) is 91.8 cm³/mol. The molecule has 0 bridgehead atoms. The average molecular weight is 331 g/mol. The molecule has 2 aliphatic heterocycles. The molecule has 6 heteroatoms. The third kappa shape index (κ3) is 3.08. The minimum absolute atomic E-state index is 0.183. The number of carbonyl (C=O) groups excluding carboxylic acids is 1. The van der Waals surface area contributed by atoms with Crippen molar-refractivity contribution in [2.75, 3.05) is 26.2 Å². The summed E-state index contributed by atoms with van der Waals surface area (Å²) in [7, 11) is 0. The number of hydrogen-bond donors (Lipinski definition) is 0. The summed E-state index contributed by atoms with van der Waals surface area (Å²) in [5.74, 6) is 2.79. The van der Waals surface area contributed by atoms with E-state index in [1.807, 2.05) is 4.90 Å². The first-order chi connectivity index (χ1) is 11.7. The molecule has 1 atom stereocenters. The van der Waals surface area contributed by atoms with Gasteiger partial charge in [0.15, 0.2) is 0 Å². The van der Waals surface area contributed by atoms with E-state index in [1.54, 1.807) is 6.92 Å². The number of likely N-dealkylation sites (tertiary alicyclic amines) is 1. The summed E-state index contributed by atoms with van der Waals surface area (Å²) in [6.07, 6.45) is 8.71. The van der Waals surface area contributed by atoms with Crippen LogP contribution < -0.4 is 0 Å². The number of carbonyl (C=O) groups is 1. The van der Waals surface area contributed by atoms with Gasteiger partial charge in [-0.05, 0) is 25.7 Å². The molecular formula is C18H29N5O. The first kappa shape index (κ1) is 16.1. The van der Waals surface area contributed by atoms with E-state index >= 15 is 0 Å². The fourth-order valence-electron chi connectivity index (χ4n) is 4.77. The maximum Gasteiger partial charge on any atom is 0.219 e. The first-order valence-corrected chi connectivity index (χ1v) is 9.64. The van der Waals surface area contributed by atoms with Crippen LogP contribution in [-0.2, 0) is 17.8 Å². The Morgan fingerprint density at radius 1 is 1.00 bits per heavy atom. The molecule has 0 radical (unpaired) electrons. The van der Waals surface area contributed by atoms with Crippen molar-refractivity contribution in [3.05, 3.63) is 11.6 Å². The third-order valence-corrected chi connectivity index (χ3v) is 6.16. The van der Waals surface area contributed by atoms with Gasteiger partial charge in [-0.1, -0.05) is 12.8 Å². The van der Waals surface area contributed by atoms with Gasteiger partial charge in [-0.25, -0.2) is 0 Å². The highest BCUT2D eigenvalue weighted by Crippen LogP contribution is 2.28. The number of amides is 1. The molecule has 0 aromatic carbocycles. The lowest BCUT2D eigenvalue weighted by molar-refractivity contribution is -0.130. The summed E-state index contributed by atoms with van der Waals surface area (Å²) >= 11 is 0. The molecule has 0 N–H and O–H groups in total. The van der Waals surface area contributed by atoms with Gasteiger partial charge >= 0.3 is 0 Å². The van der Waals surface area contributed by atoms with Crippen molar-refractivity contribution in [2.45, 2.75) is 70.4 Å². The number of piperidine rings is 1. The van der Waals surface area contributed by atoms with Gasteiger partial charge < -0.3 is 9.47 Å². The predicted octanol–water partition coefficient (Wildman–Crippen LogP) is 1.80. The second kappa shape index (κ2) is 6.82. The summed E-state index contributed by atoms with van der Waals surface area (Å²) in [6.45, 7) is 6.61. The standard InChI is InChI=1S/C18H29N5O/c1-14(24)22-9-4-5-15(13-22)18-20-19-17-8-10-21(11-12-23(17)18)16-6-2-3-7-16/h15-16H,2-13H2,1H3. The number of nitrogens with zero attached hydrogens (tertiary/aromatic N) is 5. The second-order valence-corrected chi connectivity index (χ2v) is 7.65. The zero-order chi connectivity index (χ0) is 16.5. The highest BCUT2D eigenvalue weighted by Gasteiger charge is 2.30. The normalized spacial score (nSPS) is 26.4. The van der Waals surface area contributed by atoms with Crippen LogP contribution in [0.25, 0.3) is 0 Å². The molecule has 1 aromatic rings. The Labute approximate surface area is 144 Å². The SMILES string of the molecule is CC(=O)N1CCCC(c2nnc3n2CCN(C2CCCC2)CC3)C1. The average Bonchev–Trinajstić information content (AvgIpc) is 3.22. The quantitative estimate of drug-likeness (QED) is 0.829. The van der Waals surface area contributed by atoms with Crippen molar-refractivity contribution in [3.8, 4) is 0 Å². The topological polar surface area (TPSA) is 54.3 Å². The number of fused-ring (bicyclic) bond motifs is 1. The summed E-state index contributed by atoms with van der Waals surface area (Å²) in [5, 5.41) is 9.04.